The molecule has 3 N–H and O–H groups in total. The average molecular weight is 261 g/mol. The molecule has 2 bridgehead atoms. The lowest BCUT2D eigenvalue weighted by Crippen LogP contribution is -2.43. The Balaban J connectivity index is 1.79. The minimum Gasteiger partial charge on any atom is -0.327 e. The van der Waals surface area contributed by atoms with E-state index in [9.17, 15) is 9.59 Å². The van der Waals surface area contributed by atoms with Gasteiger partial charge in [0.2, 0.25) is 5.91 Å². The summed E-state index contributed by atoms with van der Waals surface area (Å²) in [6, 6.07) is 3.34. The van der Waals surface area contributed by atoms with Gasteiger partial charge in [-0.2, -0.15) is 0 Å². The van der Waals surface area contributed by atoms with E-state index in [1.807, 2.05) is 0 Å². The lowest BCUT2D eigenvalue weighted by atomic mass is 9.84. The van der Waals surface area contributed by atoms with Crippen LogP contribution in [0.2, 0.25) is 0 Å². The standard InChI is InChI=1S/C14H19N3O2/c1-17-6-2-3-10(14(17)19)16-13(18)11-8-4-5-9(7-8)12(11)15/h2-3,6,8-9,11-12H,4-5,7,15H2,1H3,(H,16,18). The number of aryl methyl sites for hydroxylation is 1. The van der Waals surface area contributed by atoms with Crippen molar-refractivity contribution in [2.24, 2.45) is 30.5 Å². The first-order chi connectivity index (χ1) is 9.08. The number of nitrogens with one attached hydrogen (secondary N) is 1. The Morgan fingerprint density at radius 3 is 2.84 bits per heavy atom. The van der Waals surface area contributed by atoms with E-state index >= 15 is 0 Å². The zero-order chi connectivity index (χ0) is 13.6. The molecule has 5 nitrogen and oxygen atoms in total. The monoisotopic (exact) mass is 261 g/mol. The highest BCUT2D eigenvalue weighted by Gasteiger charge is 2.49. The number of hydrogen-bond donors (Lipinski definition) is 2. The molecule has 2 aliphatic carbocycles. The van der Waals surface area contributed by atoms with Crippen LogP contribution in [0, 0.1) is 17.8 Å². The molecule has 4 atom stereocenters. The minimum atomic E-state index is -0.187. The van der Waals surface area contributed by atoms with Gasteiger partial charge >= 0.3 is 0 Å². The molecule has 2 fully saturated rings. The van der Waals surface area contributed by atoms with Crippen molar-refractivity contribution in [1.29, 1.82) is 0 Å². The van der Waals surface area contributed by atoms with E-state index in [0.717, 1.165) is 19.3 Å². The summed E-state index contributed by atoms with van der Waals surface area (Å²) < 4.78 is 1.45. The summed E-state index contributed by atoms with van der Waals surface area (Å²) in [5, 5.41) is 2.76. The normalized spacial score (nSPS) is 32.5. The molecule has 2 aliphatic rings. The molecule has 0 spiro atoms. The number of amides is 1. The third-order valence-corrected chi connectivity index (χ3v) is 4.66. The van der Waals surface area contributed by atoms with E-state index in [4.69, 9.17) is 5.73 Å². The van der Waals surface area contributed by atoms with Crippen LogP contribution in [0.1, 0.15) is 19.3 Å². The van der Waals surface area contributed by atoms with Crippen molar-refractivity contribution in [3.05, 3.63) is 28.7 Å². The van der Waals surface area contributed by atoms with Crippen LogP contribution in [0.15, 0.2) is 23.1 Å². The van der Waals surface area contributed by atoms with Gasteiger partial charge in [0.15, 0.2) is 0 Å². The zero-order valence-corrected chi connectivity index (χ0v) is 11.0. The second-order valence-electron chi connectivity index (χ2n) is 5.76. The smallest absolute Gasteiger partial charge is 0.274 e. The Bertz CT molecular complexity index is 564. The molecular weight excluding hydrogens is 242 g/mol. The summed E-state index contributed by atoms with van der Waals surface area (Å²) >= 11 is 0. The molecule has 2 saturated carbocycles. The van der Waals surface area contributed by atoms with E-state index in [0.29, 0.717) is 17.5 Å². The highest BCUT2D eigenvalue weighted by Crippen LogP contribution is 2.47. The molecule has 0 radical (unpaired) electrons. The van der Waals surface area contributed by atoms with Crippen molar-refractivity contribution in [3.8, 4) is 0 Å². The van der Waals surface area contributed by atoms with Gasteiger partial charge in [0, 0.05) is 19.3 Å². The first-order valence-corrected chi connectivity index (χ1v) is 6.80. The maximum absolute atomic E-state index is 12.3. The molecule has 1 amide bonds. The lowest BCUT2D eigenvalue weighted by Gasteiger charge is -2.26. The van der Waals surface area contributed by atoms with Gasteiger partial charge in [-0.25, -0.2) is 0 Å². The van der Waals surface area contributed by atoms with Crippen molar-refractivity contribution in [2.75, 3.05) is 5.32 Å². The number of rotatable bonds is 2. The maximum Gasteiger partial charge on any atom is 0.274 e. The van der Waals surface area contributed by atoms with Crippen LogP contribution in [0.4, 0.5) is 5.69 Å². The number of fused-ring (bicyclic) bond motifs is 2. The van der Waals surface area contributed by atoms with Gasteiger partial charge in [-0.1, -0.05) is 0 Å². The van der Waals surface area contributed by atoms with Gasteiger partial charge < -0.3 is 15.6 Å². The van der Waals surface area contributed by atoms with Gasteiger partial charge in [0.25, 0.3) is 5.56 Å². The van der Waals surface area contributed by atoms with Crippen LogP contribution in [-0.2, 0) is 11.8 Å². The fourth-order valence-electron chi connectivity index (χ4n) is 3.63. The summed E-state index contributed by atoms with van der Waals surface area (Å²) in [5.41, 5.74) is 6.29. The van der Waals surface area contributed by atoms with Crippen LogP contribution in [-0.4, -0.2) is 16.5 Å². The van der Waals surface area contributed by atoms with E-state index in [1.54, 1.807) is 25.4 Å². The first-order valence-electron chi connectivity index (χ1n) is 6.80. The molecular formula is C14H19N3O2. The average Bonchev–Trinajstić information content (AvgIpc) is 2.95. The second kappa shape index (κ2) is 4.49. The van der Waals surface area contributed by atoms with Crippen LogP contribution in [0.3, 0.4) is 0 Å². The molecule has 0 aromatic carbocycles. The van der Waals surface area contributed by atoms with Crippen molar-refractivity contribution >= 4 is 11.6 Å². The molecule has 4 unspecified atom stereocenters. The topological polar surface area (TPSA) is 77.1 Å². The van der Waals surface area contributed by atoms with Crippen molar-refractivity contribution in [1.82, 2.24) is 4.57 Å². The van der Waals surface area contributed by atoms with Crippen molar-refractivity contribution in [2.45, 2.75) is 25.3 Å². The Morgan fingerprint density at radius 1 is 1.42 bits per heavy atom. The molecule has 3 rings (SSSR count). The molecule has 0 saturated heterocycles. The van der Waals surface area contributed by atoms with E-state index in [2.05, 4.69) is 5.32 Å². The summed E-state index contributed by atoms with van der Waals surface area (Å²) in [4.78, 5) is 24.2. The Kier molecular flexibility index (Phi) is 2.93. The molecule has 1 aromatic heterocycles. The van der Waals surface area contributed by atoms with Crippen LogP contribution in [0.25, 0.3) is 0 Å². The molecule has 5 heteroatoms. The van der Waals surface area contributed by atoms with Gasteiger partial charge in [-0.05, 0) is 43.2 Å². The number of pyridine rings is 1. The molecule has 1 heterocycles. The van der Waals surface area contributed by atoms with Crippen molar-refractivity contribution < 1.29 is 4.79 Å². The summed E-state index contributed by atoms with van der Waals surface area (Å²) in [5.74, 6) is 0.651. The van der Waals surface area contributed by atoms with Gasteiger partial charge in [-0.15, -0.1) is 0 Å². The number of carbonyl (C=O) groups excluding carboxylic acids is 1. The highest BCUT2D eigenvalue weighted by atomic mass is 16.2. The van der Waals surface area contributed by atoms with E-state index < -0.39 is 0 Å². The second-order valence-corrected chi connectivity index (χ2v) is 5.76. The third kappa shape index (κ3) is 1.98. The molecule has 0 aliphatic heterocycles. The molecule has 102 valence electrons. The number of hydrogen-bond acceptors (Lipinski definition) is 3. The maximum atomic E-state index is 12.3. The number of nitrogens with zero attached hydrogens (tertiary/aromatic N) is 1. The number of carbonyl (C=O) groups is 1. The SMILES string of the molecule is Cn1cccc(NC(=O)C2C3CCC(C3)C2N)c1=O. The summed E-state index contributed by atoms with van der Waals surface area (Å²) in [7, 11) is 1.67. The quantitative estimate of drug-likeness (QED) is 0.822. The lowest BCUT2D eigenvalue weighted by molar-refractivity contribution is -0.121. The van der Waals surface area contributed by atoms with E-state index in [1.165, 1.54) is 4.57 Å². The fraction of sp³-hybridized carbons (Fsp3) is 0.571. The predicted molar refractivity (Wildman–Crippen MR) is 72.6 cm³/mol. The Labute approximate surface area is 111 Å². The van der Waals surface area contributed by atoms with Gasteiger partial charge in [0.1, 0.15) is 5.69 Å². The fourth-order valence-corrected chi connectivity index (χ4v) is 3.63. The predicted octanol–water partition coefficient (Wildman–Crippen LogP) is 0.697. The van der Waals surface area contributed by atoms with Crippen molar-refractivity contribution in [3.63, 3.8) is 0 Å². The zero-order valence-electron chi connectivity index (χ0n) is 11.0. The Hall–Kier alpha value is -1.62. The van der Waals surface area contributed by atoms with Crippen LogP contribution >= 0.6 is 0 Å². The van der Waals surface area contributed by atoms with Gasteiger partial charge in [0.05, 0.1) is 5.92 Å². The van der Waals surface area contributed by atoms with Crippen LogP contribution < -0.4 is 16.6 Å². The number of anilines is 1. The molecule has 19 heavy (non-hydrogen) atoms. The molecule has 1 aromatic rings. The van der Waals surface area contributed by atoms with Gasteiger partial charge in [-0.3, -0.25) is 9.59 Å². The van der Waals surface area contributed by atoms with Crippen LogP contribution in [0.5, 0.6) is 0 Å². The first kappa shape index (κ1) is 12.4. The number of nitrogens with two attached hydrogens (primary N) is 1. The Morgan fingerprint density at radius 2 is 2.16 bits per heavy atom. The van der Waals surface area contributed by atoms with E-state index in [-0.39, 0.29) is 23.4 Å². The summed E-state index contributed by atoms with van der Waals surface area (Å²) in [6.07, 6.45) is 4.96. The highest BCUT2D eigenvalue weighted by molar-refractivity contribution is 5.93. The minimum absolute atomic E-state index is 0.0497. The summed E-state index contributed by atoms with van der Waals surface area (Å²) in [6.45, 7) is 0. The number of aromatic nitrogens is 1. The largest absolute Gasteiger partial charge is 0.327 e. The third-order valence-electron chi connectivity index (χ3n) is 4.66.